The van der Waals surface area contributed by atoms with Crippen molar-refractivity contribution < 1.29 is 4.79 Å². The number of fused-ring (bicyclic) bond motifs is 1. The van der Waals surface area contributed by atoms with E-state index in [1.807, 2.05) is 36.4 Å². The largest absolute Gasteiger partial charge is 0.320 e. The molecule has 2 aromatic carbocycles. The summed E-state index contributed by atoms with van der Waals surface area (Å²) in [6.07, 6.45) is 0.450. The van der Waals surface area contributed by atoms with Gasteiger partial charge < -0.3 is 10.6 Å². The molecule has 1 aliphatic heterocycles. The Labute approximate surface area is 140 Å². The number of carbonyl (C=O) groups excluding carboxylic acids is 1. The highest BCUT2D eigenvalue weighted by atomic mass is 79.9. The van der Waals surface area contributed by atoms with Crippen molar-refractivity contribution in [2.75, 3.05) is 11.9 Å². The monoisotopic (exact) mass is 408 g/mol. The van der Waals surface area contributed by atoms with Gasteiger partial charge in [-0.2, -0.15) is 0 Å². The molecular formula is C16H14Br2N2O. The van der Waals surface area contributed by atoms with Gasteiger partial charge >= 0.3 is 0 Å². The number of anilines is 1. The summed E-state index contributed by atoms with van der Waals surface area (Å²) >= 11 is 7.02. The first-order valence-corrected chi connectivity index (χ1v) is 8.16. The zero-order chi connectivity index (χ0) is 15.1. The van der Waals surface area contributed by atoms with E-state index in [1.165, 1.54) is 0 Å². The molecule has 0 saturated carbocycles. The fraction of sp³-hybridized carbons (Fsp3) is 0.188. The van der Waals surface area contributed by atoms with Crippen LogP contribution in [0.4, 0.5) is 5.69 Å². The van der Waals surface area contributed by atoms with Crippen LogP contribution in [-0.2, 0) is 11.2 Å². The van der Waals surface area contributed by atoms with Crippen molar-refractivity contribution in [2.45, 2.75) is 12.5 Å². The Kier molecular flexibility index (Phi) is 3.90. The Morgan fingerprint density at radius 2 is 1.95 bits per heavy atom. The lowest BCUT2D eigenvalue weighted by molar-refractivity contribution is -0.117. The van der Waals surface area contributed by atoms with Crippen molar-refractivity contribution in [3.05, 3.63) is 62.0 Å². The van der Waals surface area contributed by atoms with Gasteiger partial charge in [-0.1, -0.05) is 44.0 Å². The lowest BCUT2D eigenvalue weighted by Gasteiger charge is -2.17. The predicted molar refractivity (Wildman–Crippen MR) is 91.4 cm³/mol. The first-order chi connectivity index (χ1) is 9.97. The molecule has 0 fully saturated rings. The van der Waals surface area contributed by atoms with Gasteiger partial charge in [0.25, 0.3) is 0 Å². The molecule has 1 amide bonds. The van der Waals surface area contributed by atoms with Gasteiger partial charge in [-0.15, -0.1) is 0 Å². The highest BCUT2D eigenvalue weighted by Crippen LogP contribution is 2.34. The summed E-state index contributed by atoms with van der Waals surface area (Å²) in [4.78, 5) is 13.5. The summed E-state index contributed by atoms with van der Waals surface area (Å²) in [5, 5.41) is 0. The average Bonchev–Trinajstić information content (AvgIpc) is 2.75. The molecule has 0 radical (unpaired) electrons. The van der Waals surface area contributed by atoms with Gasteiger partial charge in [0.1, 0.15) is 0 Å². The fourth-order valence-corrected chi connectivity index (χ4v) is 3.49. The summed E-state index contributed by atoms with van der Waals surface area (Å²) in [5.74, 6) is 0.124. The van der Waals surface area contributed by atoms with Crippen LogP contribution < -0.4 is 10.6 Å². The Balaban J connectivity index is 2.00. The van der Waals surface area contributed by atoms with Crippen LogP contribution >= 0.6 is 31.9 Å². The van der Waals surface area contributed by atoms with Crippen molar-refractivity contribution in [1.29, 1.82) is 0 Å². The van der Waals surface area contributed by atoms with Gasteiger partial charge in [-0.05, 0) is 41.0 Å². The van der Waals surface area contributed by atoms with Crippen LogP contribution in [0.2, 0.25) is 0 Å². The zero-order valence-electron chi connectivity index (χ0n) is 11.4. The minimum atomic E-state index is -0.233. The number of benzene rings is 2. The van der Waals surface area contributed by atoms with E-state index in [4.69, 9.17) is 5.73 Å². The molecule has 1 aliphatic rings. The molecule has 5 heteroatoms. The van der Waals surface area contributed by atoms with Crippen LogP contribution in [-0.4, -0.2) is 13.0 Å². The lowest BCUT2D eigenvalue weighted by Crippen LogP contribution is -2.20. The second-order valence-corrected chi connectivity index (χ2v) is 6.93. The van der Waals surface area contributed by atoms with E-state index in [9.17, 15) is 4.79 Å². The molecule has 0 aromatic heterocycles. The van der Waals surface area contributed by atoms with Crippen LogP contribution in [0, 0.1) is 0 Å². The van der Waals surface area contributed by atoms with Gasteiger partial charge in [0.2, 0.25) is 5.91 Å². The highest BCUT2D eigenvalue weighted by molar-refractivity contribution is 9.11. The maximum absolute atomic E-state index is 11.8. The van der Waals surface area contributed by atoms with Crippen LogP contribution in [0.15, 0.2) is 45.3 Å². The average molecular weight is 410 g/mol. The van der Waals surface area contributed by atoms with Gasteiger partial charge in [-0.25, -0.2) is 0 Å². The maximum Gasteiger partial charge on any atom is 0.231 e. The number of hydrogen-bond acceptors (Lipinski definition) is 2. The third-order valence-electron chi connectivity index (χ3n) is 3.83. The molecule has 21 heavy (non-hydrogen) atoms. The summed E-state index contributed by atoms with van der Waals surface area (Å²) in [6.45, 7) is 0. The van der Waals surface area contributed by atoms with Crippen LogP contribution in [0.1, 0.15) is 22.7 Å². The predicted octanol–water partition coefficient (Wildman–Crippen LogP) is 3.78. The van der Waals surface area contributed by atoms with Crippen molar-refractivity contribution in [3.8, 4) is 0 Å². The molecule has 1 atom stereocenters. The van der Waals surface area contributed by atoms with E-state index in [0.717, 1.165) is 31.3 Å². The van der Waals surface area contributed by atoms with Crippen LogP contribution in [0.3, 0.4) is 0 Å². The Bertz CT molecular complexity index is 730. The number of amides is 1. The molecule has 0 spiro atoms. The molecule has 108 valence electrons. The fourth-order valence-electron chi connectivity index (χ4n) is 2.62. The number of likely N-dealkylation sites (N-methyl/N-ethyl adjacent to an activating group) is 1. The van der Waals surface area contributed by atoms with E-state index in [-0.39, 0.29) is 11.9 Å². The minimum Gasteiger partial charge on any atom is -0.320 e. The van der Waals surface area contributed by atoms with Crippen molar-refractivity contribution in [1.82, 2.24) is 0 Å². The van der Waals surface area contributed by atoms with Crippen molar-refractivity contribution >= 4 is 43.5 Å². The van der Waals surface area contributed by atoms with Crippen molar-refractivity contribution in [2.24, 2.45) is 5.73 Å². The topological polar surface area (TPSA) is 46.3 Å². The molecule has 2 aromatic rings. The number of halogens is 2. The Morgan fingerprint density at radius 1 is 1.19 bits per heavy atom. The van der Waals surface area contributed by atoms with Gasteiger partial charge in [0.05, 0.1) is 12.5 Å². The van der Waals surface area contributed by atoms with Crippen LogP contribution in [0.5, 0.6) is 0 Å². The Hall–Kier alpha value is -1.17. The summed E-state index contributed by atoms with van der Waals surface area (Å²) in [5.41, 5.74) is 10.4. The number of carbonyl (C=O) groups is 1. The number of hydrogen-bond donors (Lipinski definition) is 1. The first-order valence-electron chi connectivity index (χ1n) is 6.57. The Morgan fingerprint density at radius 3 is 2.71 bits per heavy atom. The van der Waals surface area contributed by atoms with Gasteiger partial charge in [0.15, 0.2) is 0 Å². The molecule has 3 nitrogen and oxygen atoms in total. The smallest absolute Gasteiger partial charge is 0.231 e. The summed E-state index contributed by atoms with van der Waals surface area (Å²) in [6, 6.07) is 11.7. The molecule has 0 bridgehead atoms. The summed E-state index contributed by atoms with van der Waals surface area (Å²) in [7, 11) is 1.80. The third kappa shape index (κ3) is 2.65. The van der Waals surface area contributed by atoms with Gasteiger partial charge in [0, 0.05) is 21.7 Å². The zero-order valence-corrected chi connectivity index (χ0v) is 14.6. The van der Waals surface area contributed by atoms with Crippen LogP contribution in [0.25, 0.3) is 0 Å². The molecular weight excluding hydrogens is 396 g/mol. The van der Waals surface area contributed by atoms with E-state index in [1.54, 1.807) is 11.9 Å². The highest BCUT2D eigenvalue weighted by Gasteiger charge is 2.25. The van der Waals surface area contributed by atoms with Gasteiger partial charge in [-0.3, -0.25) is 4.79 Å². The maximum atomic E-state index is 11.8. The van der Waals surface area contributed by atoms with E-state index in [0.29, 0.717) is 6.42 Å². The van der Waals surface area contributed by atoms with Crippen molar-refractivity contribution in [3.63, 3.8) is 0 Å². The number of nitrogens with zero attached hydrogens (tertiary/aromatic N) is 1. The van der Waals surface area contributed by atoms with E-state index < -0.39 is 0 Å². The normalized spacial score (nSPS) is 15.2. The molecule has 1 unspecified atom stereocenters. The lowest BCUT2D eigenvalue weighted by atomic mass is 9.97. The minimum absolute atomic E-state index is 0.124. The third-order valence-corrected chi connectivity index (χ3v) is 5.05. The summed E-state index contributed by atoms with van der Waals surface area (Å²) < 4.78 is 1.97. The second-order valence-electron chi connectivity index (χ2n) is 5.16. The molecule has 1 heterocycles. The molecule has 0 saturated heterocycles. The quantitative estimate of drug-likeness (QED) is 0.820. The number of rotatable bonds is 2. The SMILES string of the molecule is CN1C(=O)Cc2cc(C(N)c3cc(Br)ccc3Br)ccc21. The number of nitrogens with two attached hydrogens (primary N) is 1. The molecule has 2 N–H and O–H groups in total. The van der Waals surface area contributed by atoms with E-state index >= 15 is 0 Å². The molecule has 0 aliphatic carbocycles. The van der Waals surface area contributed by atoms with E-state index in [2.05, 4.69) is 31.9 Å². The second kappa shape index (κ2) is 5.55. The standard InChI is InChI=1S/C16H14Br2N2O/c1-20-14-5-2-9(6-10(14)7-15(20)21)16(19)12-8-11(17)3-4-13(12)18/h2-6,8,16H,7,19H2,1H3. The first kappa shape index (κ1) is 14.8. The molecule has 3 rings (SSSR count).